The molecule has 1 N–H and O–H groups in total. The van der Waals surface area contributed by atoms with Crippen LogP contribution in [-0.4, -0.2) is 50.4 Å². The second-order valence-corrected chi connectivity index (χ2v) is 9.40. The van der Waals surface area contributed by atoms with Crippen LogP contribution in [0.25, 0.3) is 0 Å². The van der Waals surface area contributed by atoms with Crippen molar-refractivity contribution in [2.45, 2.75) is 31.6 Å². The van der Waals surface area contributed by atoms with Gasteiger partial charge in [0, 0.05) is 18.3 Å². The minimum atomic E-state index is -0.555. The third-order valence-electron chi connectivity index (χ3n) is 7.08. The van der Waals surface area contributed by atoms with E-state index >= 15 is 0 Å². The first-order valence-corrected chi connectivity index (χ1v) is 12.7. The number of carbonyl (C=O) groups is 1. The average Bonchev–Trinajstić information content (AvgIpc) is 3.25. The van der Waals surface area contributed by atoms with Crippen molar-refractivity contribution in [3.63, 3.8) is 0 Å². The minimum Gasteiger partial charge on any atom is -0.493 e. The van der Waals surface area contributed by atoms with E-state index in [0.717, 1.165) is 35.5 Å². The first-order chi connectivity index (χ1) is 17.7. The van der Waals surface area contributed by atoms with Crippen LogP contribution in [-0.2, 0) is 11.2 Å². The first-order valence-electron chi connectivity index (χ1n) is 12.7. The van der Waals surface area contributed by atoms with Crippen molar-refractivity contribution >= 4 is 23.0 Å². The zero-order chi connectivity index (χ0) is 24.9. The Morgan fingerprint density at radius 2 is 1.64 bits per heavy atom. The predicted molar refractivity (Wildman–Crippen MR) is 144 cm³/mol. The molecule has 1 unspecified atom stereocenters. The number of nitrogens with zero attached hydrogens (tertiary/aromatic N) is 2. The van der Waals surface area contributed by atoms with Crippen LogP contribution in [0.3, 0.4) is 0 Å². The number of methoxy groups -OCH3 is 2. The number of aliphatic imine (C=N–C) groups is 1. The number of rotatable bonds is 8. The number of carbonyl (C=O) groups excluding carboxylic acids is 1. The molecule has 36 heavy (non-hydrogen) atoms. The summed E-state index contributed by atoms with van der Waals surface area (Å²) in [5.74, 6) is 0.501. The SMILES string of the molecule is COc1cc2c(cc1OC)C(C(=Nc1ccc(CCN3CCCCC3)cc1)c1ccccc1)C(=O)N2. The fraction of sp³-hybridized carbons (Fsp3) is 0.333. The summed E-state index contributed by atoms with van der Waals surface area (Å²) in [4.78, 5) is 20.8. The van der Waals surface area contributed by atoms with Crippen molar-refractivity contribution in [3.05, 3.63) is 83.4 Å². The number of hydrogen-bond donors (Lipinski definition) is 1. The van der Waals surface area contributed by atoms with Crippen molar-refractivity contribution in [2.75, 3.05) is 39.2 Å². The molecule has 0 saturated carbocycles. The number of hydrogen-bond acceptors (Lipinski definition) is 5. The molecule has 3 aromatic rings. The van der Waals surface area contributed by atoms with Crippen molar-refractivity contribution in [1.82, 2.24) is 4.90 Å². The molecule has 2 aliphatic rings. The normalized spacial score (nSPS) is 18.0. The molecule has 6 heteroatoms. The number of ether oxygens (including phenoxy) is 2. The number of fused-ring (bicyclic) bond motifs is 1. The lowest BCUT2D eigenvalue weighted by Gasteiger charge is -2.26. The molecule has 0 aromatic heterocycles. The van der Waals surface area contributed by atoms with Crippen LogP contribution in [0.2, 0.25) is 0 Å². The molecule has 3 aromatic carbocycles. The molecular formula is C30H33N3O3. The Hall–Kier alpha value is -3.64. The number of likely N-dealkylation sites (tertiary alicyclic amines) is 1. The van der Waals surface area contributed by atoms with Gasteiger partial charge in [-0.15, -0.1) is 0 Å². The maximum absolute atomic E-state index is 13.2. The second kappa shape index (κ2) is 11.0. The highest BCUT2D eigenvalue weighted by atomic mass is 16.5. The van der Waals surface area contributed by atoms with Gasteiger partial charge in [-0.25, -0.2) is 0 Å². The molecule has 5 rings (SSSR count). The lowest BCUT2D eigenvalue weighted by molar-refractivity contribution is -0.115. The summed E-state index contributed by atoms with van der Waals surface area (Å²) in [6.07, 6.45) is 5.02. The Balaban J connectivity index is 1.45. The second-order valence-electron chi connectivity index (χ2n) is 9.40. The van der Waals surface area contributed by atoms with E-state index in [2.05, 4.69) is 34.5 Å². The Bertz CT molecular complexity index is 1230. The molecule has 186 valence electrons. The highest BCUT2D eigenvalue weighted by Gasteiger charge is 2.36. The predicted octanol–water partition coefficient (Wildman–Crippen LogP) is 5.59. The van der Waals surface area contributed by atoms with E-state index in [0.29, 0.717) is 17.2 Å². The summed E-state index contributed by atoms with van der Waals surface area (Å²) >= 11 is 0. The lowest BCUT2D eigenvalue weighted by Crippen LogP contribution is -2.31. The number of piperidine rings is 1. The number of amides is 1. The standard InChI is InChI=1S/C30H33N3O3/c1-35-26-19-24-25(20-27(26)36-2)32-30(34)28(24)29(22-9-5-3-6-10-22)31-23-13-11-21(12-14-23)15-18-33-16-7-4-8-17-33/h3,5-6,9-14,19-20,28H,4,7-8,15-18H2,1-2H3,(H,32,34). The Morgan fingerprint density at radius 1 is 0.944 bits per heavy atom. The lowest BCUT2D eigenvalue weighted by atomic mass is 9.90. The Kier molecular flexibility index (Phi) is 7.33. The number of nitrogens with one attached hydrogen (secondary N) is 1. The minimum absolute atomic E-state index is 0.110. The molecule has 2 heterocycles. The van der Waals surface area contributed by atoms with Crippen LogP contribution in [0, 0.1) is 0 Å². The number of benzene rings is 3. The fourth-order valence-electron chi connectivity index (χ4n) is 5.11. The smallest absolute Gasteiger partial charge is 0.238 e. The summed E-state index contributed by atoms with van der Waals surface area (Å²) in [5.41, 5.74) is 5.31. The van der Waals surface area contributed by atoms with Crippen LogP contribution in [0.1, 0.15) is 41.9 Å². The summed E-state index contributed by atoms with van der Waals surface area (Å²) in [6.45, 7) is 3.52. The van der Waals surface area contributed by atoms with E-state index in [4.69, 9.17) is 14.5 Å². The zero-order valence-corrected chi connectivity index (χ0v) is 21.0. The molecule has 1 amide bonds. The summed E-state index contributed by atoms with van der Waals surface area (Å²) < 4.78 is 11.0. The molecule has 2 aliphatic heterocycles. The van der Waals surface area contributed by atoms with Gasteiger partial charge in [-0.3, -0.25) is 9.79 Å². The van der Waals surface area contributed by atoms with E-state index in [1.807, 2.05) is 42.5 Å². The van der Waals surface area contributed by atoms with Crippen LogP contribution in [0.4, 0.5) is 11.4 Å². The van der Waals surface area contributed by atoms with Crippen LogP contribution in [0.15, 0.2) is 71.7 Å². The van der Waals surface area contributed by atoms with Gasteiger partial charge in [0.05, 0.1) is 25.6 Å². The van der Waals surface area contributed by atoms with Gasteiger partial charge in [0.1, 0.15) is 5.92 Å². The van der Waals surface area contributed by atoms with Crippen LogP contribution >= 0.6 is 0 Å². The summed E-state index contributed by atoms with van der Waals surface area (Å²) in [5, 5.41) is 3.01. The van der Waals surface area contributed by atoms with Crippen molar-refractivity contribution in [1.29, 1.82) is 0 Å². The zero-order valence-electron chi connectivity index (χ0n) is 21.0. The summed E-state index contributed by atoms with van der Waals surface area (Å²) in [7, 11) is 3.19. The Labute approximate surface area is 213 Å². The van der Waals surface area contributed by atoms with Crippen LogP contribution in [0.5, 0.6) is 11.5 Å². The quantitative estimate of drug-likeness (QED) is 0.424. The fourth-order valence-corrected chi connectivity index (χ4v) is 5.11. The monoisotopic (exact) mass is 483 g/mol. The van der Waals surface area contributed by atoms with E-state index in [9.17, 15) is 4.79 Å². The third-order valence-corrected chi connectivity index (χ3v) is 7.08. The highest BCUT2D eigenvalue weighted by molar-refractivity contribution is 6.24. The highest BCUT2D eigenvalue weighted by Crippen LogP contribution is 2.42. The van der Waals surface area contributed by atoms with Crippen molar-refractivity contribution < 1.29 is 14.3 Å². The third kappa shape index (κ3) is 5.14. The maximum atomic E-state index is 13.2. The first kappa shape index (κ1) is 24.1. The van der Waals surface area contributed by atoms with Gasteiger partial charge in [-0.2, -0.15) is 0 Å². The molecule has 1 saturated heterocycles. The van der Waals surface area contributed by atoms with Gasteiger partial charge in [-0.05, 0) is 67.2 Å². The van der Waals surface area contributed by atoms with Crippen molar-refractivity contribution in [2.24, 2.45) is 4.99 Å². The number of anilines is 1. The summed E-state index contributed by atoms with van der Waals surface area (Å²) in [6, 6.07) is 22.0. The van der Waals surface area contributed by atoms with Crippen molar-refractivity contribution in [3.8, 4) is 11.5 Å². The van der Waals surface area contributed by atoms with E-state index in [1.54, 1.807) is 14.2 Å². The molecule has 0 bridgehead atoms. The van der Waals surface area contributed by atoms with Gasteiger partial charge >= 0.3 is 0 Å². The van der Waals surface area contributed by atoms with Crippen LogP contribution < -0.4 is 14.8 Å². The average molecular weight is 484 g/mol. The molecule has 0 spiro atoms. The molecule has 0 aliphatic carbocycles. The molecular weight excluding hydrogens is 450 g/mol. The maximum Gasteiger partial charge on any atom is 0.238 e. The van der Waals surface area contributed by atoms with E-state index in [1.165, 1.54) is 37.9 Å². The largest absolute Gasteiger partial charge is 0.493 e. The van der Waals surface area contributed by atoms with Gasteiger partial charge in [0.2, 0.25) is 5.91 Å². The van der Waals surface area contributed by atoms with Gasteiger partial charge < -0.3 is 19.7 Å². The topological polar surface area (TPSA) is 63.2 Å². The van der Waals surface area contributed by atoms with Gasteiger partial charge in [0.25, 0.3) is 0 Å². The van der Waals surface area contributed by atoms with Gasteiger partial charge in [0.15, 0.2) is 11.5 Å². The molecule has 1 fully saturated rings. The van der Waals surface area contributed by atoms with E-state index < -0.39 is 5.92 Å². The van der Waals surface area contributed by atoms with E-state index in [-0.39, 0.29) is 5.91 Å². The Morgan fingerprint density at radius 3 is 2.33 bits per heavy atom. The molecule has 0 radical (unpaired) electrons. The molecule has 1 atom stereocenters. The van der Waals surface area contributed by atoms with Gasteiger partial charge in [-0.1, -0.05) is 48.9 Å². The molecule has 6 nitrogen and oxygen atoms in total.